The molecule has 0 saturated carbocycles. The molecule has 0 aliphatic carbocycles. The minimum Gasteiger partial charge on any atom is -0.465 e. The fourth-order valence-corrected chi connectivity index (χ4v) is 3.22. The molecule has 0 aliphatic heterocycles. The number of aromatic nitrogens is 1. The lowest BCUT2D eigenvalue weighted by Crippen LogP contribution is -2.01. The smallest absolute Gasteiger partial charge is 0.337 e. The topological polar surface area (TPSA) is 51.2 Å². The minimum atomic E-state index is -0.359. The quantitative estimate of drug-likeness (QED) is 0.631. The van der Waals surface area contributed by atoms with Crippen molar-refractivity contribution in [3.63, 3.8) is 0 Å². The third-order valence-corrected chi connectivity index (χ3v) is 4.41. The highest BCUT2D eigenvalue weighted by molar-refractivity contribution is 9.10. The highest BCUT2D eigenvalue weighted by atomic mass is 79.9. The summed E-state index contributed by atoms with van der Waals surface area (Å²) in [5, 5.41) is 5.98. The van der Waals surface area contributed by atoms with Crippen molar-refractivity contribution in [2.24, 2.45) is 0 Å². The van der Waals surface area contributed by atoms with Crippen molar-refractivity contribution in [3.05, 3.63) is 63.9 Å². The molecule has 0 unspecified atom stereocenters. The average molecular weight is 389 g/mol. The van der Waals surface area contributed by atoms with E-state index in [2.05, 4.69) is 26.2 Å². The van der Waals surface area contributed by atoms with Gasteiger partial charge in [0.15, 0.2) is 5.13 Å². The van der Waals surface area contributed by atoms with E-state index in [1.807, 2.05) is 35.7 Å². The van der Waals surface area contributed by atoms with Gasteiger partial charge in [-0.2, -0.15) is 0 Å². The number of anilines is 2. The number of hydrogen-bond acceptors (Lipinski definition) is 5. The van der Waals surface area contributed by atoms with E-state index in [-0.39, 0.29) is 5.97 Å². The predicted molar refractivity (Wildman–Crippen MR) is 96.3 cm³/mol. The molecular formula is C17H13BrN2O2S. The first-order valence-electron chi connectivity index (χ1n) is 6.82. The molecule has 1 aromatic heterocycles. The normalized spacial score (nSPS) is 10.3. The first kappa shape index (κ1) is 15.7. The van der Waals surface area contributed by atoms with E-state index in [1.54, 1.807) is 18.2 Å². The Kier molecular flexibility index (Phi) is 4.73. The van der Waals surface area contributed by atoms with Crippen LogP contribution in [-0.2, 0) is 4.74 Å². The summed E-state index contributed by atoms with van der Waals surface area (Å²) in [6.45, 7) is 0. The van der Waals surface area contributed by atoms with Gasteiger partial charge in [-0.3, -0.25) is 0 Å². The number of esters is 1. The Labute approximate surface area is 146 Å². The summed E-state index contributed by atoms with van der Waals surface area (Å²) in [6, 6.07) is 15.1. The standard InChI is InChI=1S/C17H13BrN2O2S/c1-22-16(21)12-5-3-7-14(9-12)19-17-20-15(10-23-17)11-4-2-6-13(18)8-11/h2-10H,1H3,(H,19,20). The second kappa shape index (κ2) is 6.93. The SMILES string of the molecule is COC(=O)c1cccc(Nc2nc(-c3cccc(Br)c3)cs2)c1. The number of hydrogen-bond donors (Lipinski definition) is 1. The van der Waals surface area contributed by atoms with Gasteiger partial charge < -0.3 is 10.1 Å². The Bertz CT molecular complexity index is 848. The number of thiazole rings is 1. The molecule has 2 aromatic carbocycles. The van der Waals surface area contributed by atoms with Crippen LogP contribution in [0.4, 0.5) is 10.8 Å². The van der Waals surface area contributed by atoms with Crippen LogP contribution in [-0.4, -0.2) is 18.1 Å². The van der Waals surface area contributed by atoms with E-state index in [0.29, 0.717) is 5.56 Å². The molecule has 0 radical (unpaired) electrons. The monoisotopic (exact) mass is 388 g/mol. The van der Waals surface area contributed by atoms with Crippen molar-refractivity contribution >= 4 is 44.1 Å². The number of nitrogens with one attached hydrogen (secondary N) is 1. The molecular weight excluding hydrogens is 376 g/mol. The van der Waals surface area contributed by atoms with Gasteiger partial charge >= 0.3 is 5.97 Å². The lowest BCUT2D eigenvalue weighted by molar-refractivity contribution is 0.0601. The molecule has 0 saturated heterocycles. The summed E-state index contributed by atoms with van der Waals surface area (Å²) in [7, 11) is 1.37. The third-order valence-electron chi connectivity index (χ3n) is 3.16. The molecule has 3 aromatic rings. The van der Waals surface area contributed by atoms with Gasteiger partial charge in [0.1, 0.15) is 0 Å². The number of carbonyl (C=O) groups is 1. The predicted octanol–water partition coefficient (Wildman–Crippen LogP) is 5.10. The molecule has 1 N–H and O–H groups in total. The zero-order chi connectivity index (χ0) is 16.2. The molecule has 0 atom stereocenters. The van der Waals surface area contributed by atoms with Crippen LogP contribution in [0, 0.1) is 0 Å². The maximum Gasteiger partial charge on any atom is 0.337 e. The van der Waals surface area contributed by atoms with Crippen molar-refractivity contribution in [1.82, 2.24) is 4.98 Å². The molecule has 6 heteroatoms. The number of methoxy groups -OCH3 is 1. The van der Waals surface area contributed by atoms with Crippen LogP contribution in [0.3, 0.4) is 0 Å². The zero-order valence-corrected chi connectivity index (χ0v) is 14.6. The highest BCUT2D eigenvalue weighted by Crippen LogP contribution is 2.28. The number of nitrogens with zero attached hydrogens (tertiary/aromatic N) is 1. The molecule has 0 fully saturated rings. The molecule has 0 spiro atoms. The molecule has 4 nitrogen and oxygen atoms in total. The van der Waals surface area contributed by atoms with Crippen LogP contribution < -0.4 is 5.32 Å². The molecule has 3 rings (SSSR count). The Morgan fingerprint density at radius 1 is 1.22 bits per heavy atom. The lowest BCUT2D eigenvalue weighted by Gasteiger charge is -2.04. The second-order valence-electron chi connectivity index (χ2n) is 4.75. The van der Waals surface area contributed by atoms with E-state index in [4.69, 9.17) is 4.74 Å². The van der Waals surface area contributed by atoms with Crippen molar-refractivity contribution in [2.45, 2.75) is 0 Å². The maximum absolute atomic E-state index is 11.6. The molecule has 0 bridgehead atoms. The minimum absolute atomic E-state index is 0.359. The number of carbonyl (C=O) groups excluding carboxylic acids is 1. The van der Waals surface area contributed by atoms with Crippen LogP contribution in [0.2, 0.25) is 0 Å². The first-order chi connectivity index (χ1) is 11.2. The van der Waals surface area contributed by atoms with Gasteiger partial charge in [0, 0.05) is 21.1 Å². The number of rotatable bonds is 4. The molecule has 0 aliphatic rings. The highest BCUT2D eigenvalue weighted by Gasteiger charge is 2.08. The molecule has 1 heterocycles. The summed E-state index contributed by atoms with van der Waals surface area (Å²) in [5.74, 6) is -0.359. The summed E-state index contributed by atoms with van der Waals surface area (Å²) in [4.78, 5) is 16.2. The summed E-state index contributed by atoms with van der Waals surface area (Å²) < 4.78 is 5.75. The van der Waals surface area contributed by atoms with Gasteiger partial charge in [-0.05, 0) is 30.3 Å². The van der Waals surface area contributed by atoms with Crippen molar-refractivity contribution < 1.29 is 9.53 Å². The van der Waals surface area contributed by atoms with Crippen molar-refractivity contribution in [2.75, 3.05) is 12.4 Å². The van der Waals surface area contributed by atoms with E-state index in [9.17, 15) is 4.79 Å². The average Bonchev–Trinajstić information content (AvgIpc) is 3.03. The first-order valence-corrected chi connectivity index (χ1v) is 8.50. The summed E-state index contributed by atoms with van der Waals surface area (Å²) >= 11 is 4.98. The van der Waals surface area contributed by atoms with E-state index < -0.39 is 0 Å². The van der Waals surface area contributed by atoms with E-state index in [1.165, 1.54) is 18.4 Å². The Morgan fingerprint density at radius 2 is 2.04 bits per heavy atom. The van der Waals surface area contributed by atoms with Crippen molar-refractivity contribution in [1.29, 1.82) is 0 Å². The van der Waals surface area contributed by atoms with Gasteiger partial charge in [0.05, 0.1) is 18.4 Å². The van der Waals surface area contributed by atoms with Crippen LogP contribution in [0.5, 0.6) is 0 Å². The molecule has 0 amide bonds. The van der Waals surface area contributed by atoms with Crippen LogP contribution in [0.25, 0.3) is 11.3 Å². The van der Waals surface area contributed by atoms with E-state index >= 15 is 0 Å². The number of halogens is 1. The Balaban J connectivity index is 1.81. The van der Waals surface area contributed by atoms with Gasteiger partial charge in [-0.15, -0.1) is 11.3 Å². The number of ether oxygens (including phenoxy) is 1. The van der Waals surface area contributed by atoms with Crippen LogP contribution in [0.1, 0.15) is 10.4 Å². The van der Waals surface area contributed by atoms with Gasteiger partial charge in [-0.1, -0.05) is 34.1 Å². The molecule has 116 valence electrons. The van der Waals surface area contributed by atoms with Gasteiger partial charge in [-0.25, -0.2) is 9.78 Å². The van der Waals surface area contributed by atoms with Crippen LogP contribution in [0.15, 0.2) is 58.4 Å². The Morgan fingerprint density at radius 3 is 2.83 bits per heavy atom. The summed E-state index contributed by atoms with van der Waals surface area (Å²) in [5.41, 5.74) is 3.25. The van der Waals surface area contributed by atoms with Crippen molar-refractivity contribution in [3.8, 4) is 11.3 Å². The Hall–Kier alpha value is -2.18. The third kappa shape index (κ3) is 3.78. The summed E-state index contributed by atoms with van der Waals surface area (Å²) in [6.07, 6.45) is 0. The maximum atomic E-state index is 11.6. The number of benzene rings is 2. The fraction of sp³-hybridized carbons (Fsp3) is 0.0588. The fourth-order valence-electron chi connectivity index (χ4n) is 2.08. The second-order valence-corrected chi connectivity index (χ2v) is 6.52. The van der Waals surface area contributed by atoms with E-state index in [0.717, 1.165) is 26.5 Å². The van der Waals surface area contributed by atoms with Gasteiger partial charge in [0.2, 0.25) is 0 Å². The lowest BCUT2D eigenvalue weighted by atomic mass is 10.2. The molecule has 23 heavy (non-hydrogen) atoms. The zero-order valence-electron chi connectivity index (χ0n) is 12.2. The van der Waals surface area contributed by atoms with Gasteiger partial charge in [0.25, 0.3) is 0 Å². The van der Waals surface area contributed by atoms with Crippen LogP contribution >= 0.6 is 27.3 Å². The largest absolute Gasteiger partial charge is 0.465 e.